The number of halogens is 1. The summed E-state index contributed by atoms with van der Waals surface area (Å²) in [5.41, 5.74) is 0.433. The Labute approximate surface area is 75.9 Å². The molecular formula is C5H10BiBrO2. The second kappa shape index (κ2) is 8.57. The molecule has 0 radical (unpaired) electrons. The summed E-state index contributed by atoms with van der Waals surface area (Å²) in [6.07, 6.45) is 0. The van der Waals surface area contributed by atoms with Crippen molar-refractivity contribution in [2.45, 2.75) is 6.92 Å². The maximum atomic E-state index is 10.2. The van der Waals surface area contributed by atoms with E-state index >= 15 is 0 Å². The molecule has 0 aromatic rings. The predicted molar refractivity (Wildman–Crippen MR) is 44.3 cm³/mol. The standard InChI is InChI=1S/C5H8O2.Bi.BrH.2H/c1-4(2)5(6)7-3;;;;/h1H2,2-3H3;;1H;;/q;+1;;;/p-1. The Morgan fingerprint density at radius 3 is 2.00 bits per heavy atom. The first-order valence-corrected chi connectivity index (χ1v) is 11.9. The number of rotatable bonds is 1. The zero-order valence-corrected chi connectivity index (χ0v) is 11.6. The molecule has 0 amide bonds. The molecule has 0 bridgehead atoms. The normalized spacial score (nSPS) is 6.67. The van der Waals surface area contributed by atoms with Crippen LogP contribution < -0.4 is 0 Å². The first kappa shape index (κ1) is 12.3. The number of methoxy groups -OCH3 is 1. The summed E-state index contributed by atoms with van der Waals surface area (Å²) in [7, 11) is 1.33. The van der Waals surface area contributed by atoms with Crippen molar-refractivity contribution in [3.8, 4) is 0 Å². The van der Waals surface area contributed by atoms with Crippen LogP contribution in [0.15, 0.2) is 12.2 Å². The fourth-order valence-electron chi connectivity index (χ4n) is 0.174. The predicted octanol–water partition coefficient (Wildman–Crippen LogP) is 0.665. The van der Waals surface area contributed by atoms with Crippen LogP contribution in [0.5, 0.6) is 0 Å². The van der Waals surface area contributed by atoms with Crippen LogP contribution in [0.25, 0.3) is 0 Å². The molecule has 0 N–H and O–H groups in total. The second-order valence-corrected chi connectivity index (χ2v) is 1.27. The van der Waals surface area contributed by atoms with Crippen LogP contribution in [0.4, 0.5) is 0 Å². The van der Waals surface area contributed by atoms with Crippen LogP contribution in [0, 0.1) is 0 Å². The van der Waals surface area contributed by atoms with Gasteiger partial charge >= 0.3 is 40.6 Å². The molecule has 0 saturated heterocycles. The van der Waals surface area contributed by atoms with Gasteiger partial charge in [0.2, 0.25) is 0 Å². The van der Waals surface area contributed by atoms with Crippen molar-refractivity contribution in [3.05, 3.63) is 12.2 Å². The Balaban J connectivity index is 0. The number of hydrogen-bond donors (Lipinski definition) is 0. The monoisotopic (exact) mass is 390 g/mol. The molecule has 0 aromatic heterocycles. The number of esters is 1. The van der Waals surface area contributed by atoms with Gasteiger partial charge in [-0.3, -0.25) is 0 Å². The maximum absolute atomic E-state index is 10.2. The third-order valence-electron chi connectivity index (χ3n) is 0.534. The molecule has 0 heterocycles. The summed E-state index contributed by atoms with van der Waals surface area (Å²) in [5, 5.41) is 0. The molecule has 0 aliphatic carbocycles. The minimum absolute atomic E-state index is 0.347. The minimum atomic E-state index is -0.347. The fraction of sp³-hybridized carbons (Fsp3) is 0.400. The van der Waals surface area contributed by atoms with Gasteiger partial charge in [0.05, 0.1) is 7.11 Å². The zero-order valence-electron chi connectivity index (χ0n) is 5.48. The van der Waals surface area contributed by atoms with Crippen LogP contribution >= 0.6 is 12.2 Å². The van der Waals surface area contributed by atoms with Crippen molar-refractivity contribution in [2.75, 3.05) is 7.11 Å². The third kappa shape index (κ3) is 8.57. The summed E-state index contributed by atoms with van der Waals surface area (Å²) in [5.74, 6) is -0.347. The zero-order chi connectivity index (χ0) is 7.86. The molecule has 2 nitrogen and oxygen atoms in total. The molecule has 9 heavy (non-hydrogen) atoms. The number of ether oxygens (including phenoxy) is 1. The van der Waals surface area contributed by atoms with E-state index in [1.807, 2.05) is 0 Å². The van der Waals surface area contributed by atoms with Crippen molar-refractivity contribution >= 4 is 40.6 Å². The van der Waals surface area contributed by atoms with E-state index in [4.69, 9.17) is 0 Å². The van der Waals surface area contributed by atoms with Crippen LogP contribution in [0.2, 0.25) is 0 Å². The average Bonchev–Trinajstić information content (AvgIpc) is 1.91. The van der Waals surface area contributed by atoms with Crippen molar-refractivity contribution < 1.29 is 9.53 Å². The van der Waals surface area contributed by atoms with E-state index in [1.165, 1.54) is 7.11 Å². The number of hydrogen-bond acceptors (Lipinski definition) is 2. The first-order chi connectivity index (χ1) is 4.18. The van der Waals surface area contributed by atoms with Gasteiger partial charge in [0.1, 0.15) is 0 Å². The molecule has 0 aliphatic rings. The van der Waals surface area contributed by atoms with E-state index in [0.29, 0.717) is 5.57 Å². The van der Waals surface area contributed by atoms with Gasteiger partial charge < -0.3 is 4.74 Å². The van der Waals surface area contributed by atoms with Gasteiger partial charge in [-0.2, -0.15) is 0 Å². The quantitative estimate of drug-likeness (QED) is 0.373. The SMILES string of the molecule is C=C(C)C(=O)OC.[Br][BiH2]. The fourth-order valence-corrected chi connectivity index (χ4v) is 0.174. The van der Waals surface area contributed by atoms with E-state index < -0.39 is 0 Å². The Morgan fingerprint density at radius 2 is 2.00 bits per heavy atom. The average molecular weight is 391 g/mol. The van der Waals surface area contributed by atoms with E-state index in [-0.39, 0.29) is 5.97 Å². The second-order valence-electron chi connectivity index (χ2n) is 1.27. The summed E-state index contributed by atoms with van der Waals surface area (Å²) in [6, 6.07) is 0. The Hall–Kier alpha value is 0.573. The Kier molecular flexibility index (Phi) is 11.7. The molecule has 0 fully saturated rings. The molecule has 0 spiro atoms. The molecule has 0 unspecified atom stereocenters. The molecule has 0 aliphatic heterocycles. The van der Waals surface area contributed by atoms with Crippen molar-refractivity contribution in [1.82, 2.24) is 0 Å². The van der Waals surface area contributed by atoms with E-state index in [2.05, 4.69) is 23.5 Å². The van der Waals surface area contributed by atoms with E-state index in [1.54, 1.807) is 6.92 Å². The van der Waals surface area contributed by atoms with Gasteiger partial charge in [0.25, 0.3) is 0 Å². The molecule has 54 valence electrons. The van der Waals surface area contributed by atoms with Gasteiger partial charge in [-0.25, -0.2) is 4.79 Å². The molecule has 0 atom stereocenters. The molecule has 0 rings (SSSR count). The van der Waals surface area contributed by atoms with E-state index in [0.717, 1.165) is 22.4 Å². The Morgan fingerprint density at radius 1 is 1.67 bits per heavy atom. The van der Waals surface area contributed by atoms with Gasteiger partial charge in [-0.05, 0) is 6.92 Å². The van der Waals surface area contributed by atoms with Crippen LogP contribution in [0.1, 0.15) is 6.92 Å². The van der Waals surface area contributed by atoms with Crippen molar-refractivity contribution in [2.24, 2.45) is 0 Å². The molecule has 0 saturated carbocycles. The van der Waals surface area contributed by atoms with Crippen LogP contribution in [0.3, 0.4) is 0 Å². The summed E-state index contributed by atoms with van der Waals surface area (Å²) in [6.45, 7) is 4.95. The van der Waals surface area contributed by atoms with Crippen LogP contribution in [-0.2, 0) is 9.53 Å². The first-order valence-electron chi connectivity index (χ1n) is 2.14. The van der Waals surface area contributed by atoms with Gasteiger partial charge in [-0.15, -0.1) is 0 Å². The summed E-state index contributed by atoms with van der Waals surface area (Å²) < 4.78 is 4.27. The topological polar surface area (TPSA) is 26.3 Å². The number of carbonyl (C=O) groups is 1. The van der Waals surface area contributed by atoms with Gasteiger partial charge in [0, 0.05) is 5.57 Å². The van der Waals surface area contributed by atoms with E-state index in [9.17, 15) is 4.79 Å². The molecular weight excluding hydrogens is 381 g/mol. The summed E-state index contributed by atoms with van der Waals surface area (Å²) in [4.78, 5) is 10.2. The van der Waals surface area contributed by atoms with Crippen LogP contribution in [-0.4, -0.2) is 35.4 Å². The van der Waals surface area contributed by atoms with Gasteiger partial charge in [-0.1, -0.05) is 6.58 Å². The molecule has 0 aromatic carbocycles. The summed E-state index contributed by atoms with van der Waals surface area (Å²) >= 11 is 4.08. The molecule has 4 heteroatoms. The van der Waals surface area contributed by atoms with Crippen molar-refractivity contribution in [3.63, 3.8) is 0 Å². The van der Waals surface area contributed by atoms with Gasteiger partial charge in [0.15, 0.2) is 0 Å². The van der Waals surface area contributed by atoms with Crippen molar-refractivity contribution in [1.29, 1.82) is 0 Å². The third-order valence-corrected chi connectivity index (χ3v) is 0.534. The Bertz CT molecular complexity index is 103. The number of carbonyl (C=O) groups excluding carboxylic acids is 1.